The minimum atomic E-state index is -0.999. The summed E-state index contributed by atoms with van der Waals surface area (Å²) >= 11 is 0. The Morgan fingerprint density at radius 1 is 1.04 bits per heavy atom. The van der Waals surface area contributed by atoms with Gasteiger partial charge >= 0.3 is 11.8 Å². The van der Waals surface area contributed by atoms with E-state index in [2.05, 4.69) is 10.7 Å². The number of amides is 3. The molecule has 3 rings (SSSR count). The molecule has 9 nitrogen and oxygen atoms in total. The highest BCUT2D eigenvalue weighted by Crippen LogP contribution is 2.32. The lowest BCUT2D eigenvalue weighted by Gasteiger charge is -2.05. The molecule has 0 aliphatic carbocycles. The van der Waals surface area contributed by atoms with Gasteiger partial charge in [-0.3, -0.25) is 25.2 Å². The van der Waals surface area contributed by atoms with Crippen molar-refractivity contribution in [2.75, 3.05) is 6.79 Å². The van der Waals surface area contributed by atoms with Gasteiger partial charge in [-0.05, 0) is 35.9 Å². The summed E-state index contributed by atoms with van der Waals surface area (Å²) in [4.78, 5) is 34.9. The number of hydrogen-bond donors (Lipinski definition) is 3. The van der Waals surface area contributed by atoms with Crippen LogP contribution >= 0.6 is 0 Å². The summed E-state index contributed by atoms with van der Waals surface area (Å²) in [6.45, 7) is 0.230. The van der Waals surface area contributed by atoms with Crippen LogP contribution in [0.1, 0.15) is 11.3 Å². The van der Waals surface area contributed by atoms with E-state index in [0.29, 0.717) is 22.8 Å². The summed E-state index contributed by atoms with van der Waals surface area (Å²) in [5.41, 5.74) is 4.84. The molecule has 2 heterocycles. The zero-order chi connectivity index (χ0) is 18.4. The molecular formula is C17H15N3O6. The maximum Gasteiger partial charge on any atom is 0.327 e. The monoisotopic (exact) mass is 357 g/mol. The number of rotatable bonds is 4. The molecule has 0 radical (unpaired) electrons. The number of fused-ring (bicyclic) bond motifs is 1. The smallest absolute Gasteiger partial charge is 0.327 e. The van der Waals surface area contributed by atoms with Crippen molar-refractivity contribution in [2.24, 2.45) is 0 Å². The number of hydrazine groups is 1. The quantitative estimate of drug-likeness (QED) is 0.416. The van der Waals surface area contributed by atoms with Gasteiger partial charge in [-0.1, -0.05) is 6.07 Å². The van der Waals surface area contributed by atoms with Gasteiger partial charge in [-0.25, -0.2) is 0 Å². The standard InChI is InChI=1S/C17H15N3O6/c21-15(6-4-11-3-5-13-14(8-11)26-10-25-13)19-20-17(23)16(22)18-9-12-2-1-7-24-12/h1-8H,9-10H2,(H,18,22)(H,19,21)(H,20,23)/b6-4+. The molecule has 1 aromatic carbocycles. The molecule has 0 atom stereocenters. The van der Waals surface area contributed by atoms with Crippen molar-refractivity contribution in [1.82, 2.24) is 16.2 Å². The lowest BCUT2D eigenvalue weighted by Crippen LogP contribution is -2.47. The number of hydrogen-bond acceptors (Lipinski definition) is 6. The summed E-state index contributed by atoms with van der Waals surface area (Å²) in [6, 6.07) is 8.50. The summed E-state index contributed by atoms with van der Waals surface area (Å²) in [5.74, 6) is -0.770. The van der Waals surface area contributed by atoms with Gasteiger partial charge in [0.1, 0.15) is 5.76 Å². The minimum Gasteiger partial charge on any atom is -0.467 e. The highest BCUT2D eigenvalue weighted by atomic mass is 16.7. The molecule has 1 aliphatic rings. The lowest BCUT2D eigenvalue weighted by atomic mass is 10.2. The average Bonchev–Trinajstić information content (AvgIpc) is 3.33. The Bertz CT molecular complexity index is 844. The van der Waals surface area contributed by atoms with Crippen LogP contribution in [0.2, 0.25) is 0 Å². The minimum absolute atomic E-state index is 0.0667. The van der Waals surface area contributed by atoms with Gasteiger partial charge in [-0.2, -0.15) is 0 Å². The number of benzene rings is 1. The molecule has 3 amide bonds. The van der Waals surface area contributed by atoms with Gasteiger partial charge in [-0.15, -0.1) is 0 Å². The molecule has 26 heavy (non-hydrogen) atoms. The predicted molar refractivity (Wildman–Crippen MR) is 88.4 cm³/mol. The number of nitrogens with one attached hydrogen (secondary N) is 3. The molecule has 3 N–H and O–H groups in total. The van der Waals surface area contributed by atoms with Crippen molar-refractivity contribution in [1.29, 1.82) is 0 Å². The first-order valence-electron chi connectivity index (χ1n) is 7.60. The molecular weight excluding hydrogens is 342 g/mol. The molecule has 0 spiro atoms. The molecule has 0 unspecified atom stereocenters. The molecule has 2 aromatic rings. The predicted octanol–water partition coefficient (Wildman–Crippen LogP) is 0.485. The van der Waals surface area contributed by atoms with Crippen molar-refractivity contribution >= 4 is 23.8 Å². The highest BCUT2D eigenvalue weighted by Gasteiger charge is 2.14. The third-order valence-corrected chi connectivity index (χ3v) is 3.33. The van der Waals surface area contributed by atoms with Crippen molar-refractivity contribution in [3.8, 4) is 11.5 Å². The fourth-order valence-electron chi connectivity index (χ4n) is 2.07. The van der Waals surface area contributed by atoms with E-state index in [0.717, 1.165) is 0 Å². The summed E-state index contributed by atoms with van der Waals surface area (Å²) < 4.78 is 15.5. The first-order valence-corrected chi connectivity index (χ1v) is 7.60. The van der Waals surface area contributed by atoms with Crippen LogP contribution in [0.3, 0.4) is 0 Å². The average molecular weight is 357 g/mol. The van der Waals surface area contributed by atoms with E-state index in [4.69, 9.17) is 13.9 Å². The number of carbonyl (C=O) groups is 3. The van der Waals surface area contributed by atoms with Gasteiger partial charge < -0.3 is 19.2 Å². The molecule has 1 aromatic heterocycles. The van der Waals surface area contributed by atoms with Gasteiger partial charge in [0.15, 0.2) is 11.5 Å². The van der Waals surface area contributed by atoms with Crippen LogP contribution < -0.4 is 25.6 Å². The first kappa shape index (κ1) is 17.1. The van der Waals surface area contributed by atoms with Gasteiger partial charge in [0.05, 0.1) is 12.8 Å². The van der Waals surface area contributed by atoms with Crippen molar-refractivity contribution in [3.63, 3.8) is 0 Å². The SMILES string of the molecule is O=C(/C=C/c1ccc2c(c1)OCO2)NNC(=O)C(=O)NCc1ccco1. The van der Waals surface area contributed by atoms with E-state index >= 15 is 0 Å². The summed E-state index contributed by atoms with van der Waals surface area (Å²) in [6.07, 6.45) is 4.19. The fourth-order valence-corrected chi connectivity index (χ4v) is 2.07. The van der Waals surface area contributed by atoms with Crippen LogP contribution in [0.25, 0.3) is 6.08 Å². The number of carbonyl (C=O) groups excluding carboxylic acids is 3. The van der Waals surface area contributed by atoms with Gasteiger partial charge in [0.25, 0.3) is 5.91 Å². The van der Waals surface area contributed by atoms with Gasteiger partial charge in [0.2, 0.25) is 6.79 Å². The maximum absolute atomic E-state index is 11.7. The van der Waals surface area contributed by atoms with Crippen LogP contribution in [-0.2, 0) is 20.9 Å². The molecule has 0 bridgehead atoms. The van der Waals surface area contributed by atoms with Gasteiger partial charge in [0, 0.05) is 6.08 Å². The largest absolute Gasteiger partial charge is 0.467 e. The molecule has 134 valence electrons. The molecule has 0 saturated heterocycles. The van der Waals surface area contributed by atoms with Crippen LogP contribution in [0, 0.1) is 0 Å². The third-order valence-electron chi connectivity index (χ3n) is 3.33. The van der Waals surface area contributed by atoms with E-state index in [9.17, 15) is 14.4 Å². The van der Waals surface area contributed by atoms with Crippen LogP contribution in [0.5, 0.6) is 11.5 Å². The molecule has 0 saturated carbocycles. The van der Waals surface area contributed by atoms with Crippen LogP contribution in [0.4, 0.5) is 0 Å². The summed E-state index contributed by atoms with van der Waals surface area (Å²) in [5, 5.41) is 2.35. The van der Waals surface area contributed by atoms with Crippen molar-refractivity contribution in [2.45, 2.75) is 6.54 Å². The Morgan fingerprint density at radius 2 is 1.88 bits per heavy atom. The van der Waals surface area contributed by atoms with Crippen molar-refractivity contribution < 1.29 is 28.3 Å². The Morgan fingerprint density at radius 3 is 2.69 bits per heavy atom. The van der Waals surface area contributed by atoms with E-state index in [1.807, 2.05) is 5.43 Å². The molecule has 0 fully saturated rings. The van der Waals surface area contributed by atoms with E-state index in [1.54, 1.807) is 30.3 Å². The normalized spacial score (nSPS) is 12.0. The second-order valence-electron chi connectivity index (χ2n) is 5.15. The topological polar surface area (TPSA) is 119 Å². The Balaban J connectivity index is 1.43. The zero-order valence-electron chi connectivity index (χ0n) is 13.5. The van der Waals surface area contributed by atoms with E-state index in [1.165, 1.54) is 18.4 Å². The summed E-state index contributed by atoms with van der Waals surface area (Å²) in [7, 11) is 0. The second-order valence-corrected chi connectivity index (χ2v) is 5.15. The van der Waals surface area contributed by atoms with Crippen LogP contribution in [0.15, 0.2) is 47.1 Å². The Hall–Kier alpha value is -3.75. The van der Waals surface area contributed by atoms with E-state index < -0.39 is 17.7 Å². The van der Waals surface area contributed by atoms with Crippen molar-refractivity contribution in [3.05, 3.63) is 54.0 Å². The second kappa shape index (κ2) is 7.88. The third kappa shape index (κ3) is 4.41. The molecule has 9 heteroatoms. The fraction of sp³-hybridized carbons (Fsp3) is 0.118. The number of furan rings is 1. The highest BCUT2D eigenvalue weighted by molar-refractivity contribution is 6.35. The molecule has 1 aliphatic heterocycles. The van der Waals surface area contributed by atoms with E-state index in [-0.39, 0.29) is 13.3 Å². The first-order chi connectivity index (χ1) is 12.6. The Kier molecular flexibility index (Phi) is 5.18. The zero-order valence-corrected chi connectivity index (χ0v) is 13.5. The Labute approximate surface area is 147 Å². The maximum atomic E-state index is 11.7. The lowest BCUT2D eigenvalue weighted by molar-refractivity contribution is -0.140. The van der Waals surface area contributed by atoms with Crippen LogP contribution in [-0.4, -0.2) is 24.5 Å². The number of ether oxygens (including phenoxy) is 2.